The molecule has 0 saturated carbocycles. The molecule has 0 aliphatic rings. The molecule has 0 bridgehead atoms. The molecule has 98 valence electrons. The number of hydrogen-bond donors (Lipinski definition) is 4. The number of amidine groups is 2. The summed E-state index contributed by atoms with van der Waals surface area (Å²) in [6, 6.07) is 10.3. The first kappa shape index (κ1) is 14.6. The lowest BCUT2D eigenvalue weighted by atomic mass is 10.2. The SMILES string of the molecule is Cl.N=C(N)c1cccc(-c2cccc(C(=N)N)n2)n1. The molecule has 0 saturated heterocycles. The highest BCUT2D eigenvalue weighted by Crippen LogP contribution is 2.14. The summed E-state index contributed by atoms with van der Waals surface area (Å²) in [5.41, 5.74) is 12.7. The first-order valence-corrected chi connectivity index (χ1v) is 5.21. The van der Waals surface area contributed by atoms with E-state index in [9.17, 15) is 0 Å². The van der Waals surface area contributed by atoms with Crippen LogP contribution in [0.1, 0.15) is 11.4 Å². The van der Waals surface area contributed by atoms with Crippen LogP contribution in [0.2, 0.25) is 0 Å². The minimum Gasteiger partial charge on any atom is -0.382 e. The molecule has 6 N–H and O–H groups in total. The lowest BCUT2D eigenvalue weighted by Gasteiger charge is -2.04. The van der Waals surface area contributed by atoms with Crippen molar-refractivity contribution < 1.29 is 0 Å². The van der Waals surface area contributed by atoms with E-state index in [1.165, 1.54) is 0 Å². The maximum Gasteiger partial charge on any atom is 0.141 e. The molecule has 7 heteroatoms. The normalized spacial score (nSPS) is 9.47. The number of aromatic nitrogens is 2. The van der Waals surface area contributed by atoms with E-state index < -0.39 is 0 Å². The fourth-order valence-electron chi connectivity index (χ4n) is 1.45. The Morgan fingerprint density at radius 3 is 1.47 bits per heavy atom. The van der Waals surface area contributed by atoms with Crippen LogP contribution in [-0.4, -0.2) is 21.6 Å². The summed E-state index contributed by atoms with van der Waals surface area (Å²) in [6.07, 6.45) is 0. The first-order valence-electron chi connectivity index (χ1n) is 5.21. The number of rotatable bonds is 3. The Balaban J connectivity index is 0.00000180. The fourth-order valence-corrected chi connectivity index (χ4v) is 1.45. The van der Waals surface area contributed by atoms with E-state index in [0.29, 0.717) is 22.8 Å². The average Bonchev–Trinajstić information content (AvgIpc) is 2.39. The summed E-state index contributed by atoms with van der Waals surface area (Å²) in [4.78, 5) is 8.44. The maximum atomic E-state index is 7.35. The number of pyridine rings is 2. The van der Waals surface area contributed by atoms with Crippen molar-refractivity contribution in [3.8, 4) is 11.4 Å². The Labute approximate surface area is 116 Å². The molecule has 0 radical (unpaired) electrons. The highest BCUT2D eigenvalue weighted by atomic mass is 35.5. The van der Waals surface area contributed by atoms with Gasteiger partial charge in [0.25, 0.3) is 0 Å². The number of hydrogen-bond acceptors (Lipinski definition) is 4. The molecule has 0 atom stereocenters. The Hall–Kier alpha value is -2.47. The molecular formula is C12H13ClN6. The van der Waals surface area contributed by atoms with Gasteiger partial charge in [0.1, 0.15) is 23.1 Å². The van der Waals surface area contributed by atoms with Crippen molar-refractivity contribution in [3.05, 3.63) is 47.8 Å². The van der Waals surface area contributed by atoms with Gasteiger partial charge < -0.3 is 11.5 Å². The minimum absolute atomic E-state index is 0. The van der Waals surface area contributed by atoms with Crippen molar-refractivity contribution in [2.24, 2.45) is 11.5 Å². The van der Waals surface area contributed by atoms with E-state index in [2.05, 4.69) is 9.97 Å². The third kappa shape index (κ3) is 3.26. The summed E-state index contributed by atoms with van der Waals surface area (Å²) in [6.45, 7) is 0. The van der Waals surface area contributed by atoms with Crippen LogP contribution in [0.25, 0.3) is 11.4 Å². The number of nitrogens with two attached hydrogens (primary N) is 2. The molecule has 0 aromatic carbocycles. The summed E-state index contributed by atoms with van der Waals surface area (Å²) in [5, 5.41) is 14.7. The topological polar surface area (TPSA) is 126 Å². The molecule has 0 spiro atoms. The van der Waals surface area contributed by atoms with Gasteiger partial charge in [0.05, 0.1) is 11.4 Å². The molecule has 2 aromatic rings. The molecule has 0 unspecified atom stereocenters. The van der Waals surface area contributed by atoms with Crippen LogP contribution in [0.15, 0.2) is 36.4 Å². The Morgan fingerprint density at radius 1 is 0.789 bits per heavy atom. The molecule has 6 nitrogen and oxygen atoms in total. The largest absolute Gasteiger partial charge is 0.382 e. The van der Waals surface area contributed by atoms with Gasteiger partial charge in [0.2, 0.25) is 0 Å². The van der Waals surface area contributed by atoms with Crippen molar-refractivity contribution in [1.29, 1.82) is 10.8 Å². The summed E-state index contributed by atoms with van der Waals surface area (Å²) in [7, 11) is 0. The van der Waals surface area contributed by atoms with Crippen LogP contribution in [-0.2, 0) is 0 Å². The second-order valence-electron chi connectivity index (χ2n) is 3.64. The molecule has 2 aromatic heterocycles. The van der Waals surface area contributed by atoms with E-state index in [0.717, 1.165) is 0 Å². The third-order valence-corrected chi connectivity index (χ3v) is 2.31. The van der Waals surface area contributed by atoms with Gasteiger partial charge in [-0.05, 0) is 24.3 Å². The van der Waals surface area contributed by atoms with Crippen LogP contribution in [0, 0.1) is 10.8 Å². The van der Waals surface area contributed by atoms with Crippen molar-refractivity contribution in [2.75, 3.05) is 0 Å². The number of halogens is 1. The van der Waals surface area contributed by atoms with E-state index >= 15 is 0 Å². The van der Waals surface area contributed by atoms with Crippen LogP contribution in [0.4, 0.5) is 0 Å². The van der Waals surface area contributed by atoms with Gasteiger partial charge in [-0.2, -0.15) is 0 Å². The van der Waals surface area contributed by atoms with E-state index in [4.69, 9.17) is 22.3 Å². The monoisotopic (exact) mass is 276 g/mol. The Morgan fingerprint density at radius 2 is 1.16 bits per heavy atom. The average molecular weight is 277 g/mol. The molecular weight excluding hydrogens is 264 g/mol. The lowest BCUT2D eigenvalue weighted by molar-refractivity contribution is 1.20. The number of nitrogens with zero attached hydrogens (tertiary/aromatic N) is 2. The van der Waals surface area contributed by atoms with Crippen molar-refractivity contribution in [2.45, 2.75) is 0 Å². The molecule has 0 fully saturated rings. The van der Waals surface area contributed by atoms with Crippen LogP contribution in [0.3, 0.4) is 0 Å². The standard InChI is InChI=1S/C12H12N6.ClH/c13-11(14)9-5-1-3-7(17-9)8-4-2-6-10(18-8)12(15)16;/h1-6H,(H3,13,14)(H3,15,16);1H. The molecule has 19 heavy (non-hydrogen) atoms. The summed E-state index contributed by atoms with van der Waals surface area (Å²) < 4.78 is 0. The smallest absolute Gasteiger partial charge is 0.141 e. The molecule has 0 aliphatic carbocycles. The molecule has 0 amide bonds. The van der Waals surface area contributed by atoms with E-state index in [1.807, 2.05) is 0 Å². The van der Waals surface area contributed by atoms with Crippen LogP contribution in [0.5, 0.6) is 0 Å². The predicted octanol–water partition coefficient (Wildman–Crippen LogP) is 1.13. The van der Waals surface area contributed by atoms with Gasteiger partial charge >= 0.3 is 0 Å². The third-order valence-electron chi connectivity index (χ3n) is 2.31. The quantitative estimate of drug-likeness (QED) is 0.495. The highest BCUT2D eigenvalue weighted by molar-refractivity contribution is 5.94. The number of nitrogen functional groups attached to an aromatic ring is 2. The Bertz CT molecular complexity index is 570. The van der Waals surface area contributed by atoms with Gasteiger partial charge in [-0.25, -0.2) is 9.97 Å². The van der Waals surface area contributed by atoms with Crippen LogP contribution < -0.4 is 11.5 Å². The van der Waals surface area contributed by atoms with Gasteiger partial charge in [-0.15, -0.1) is 12.4 Å². The second-order valence-corrected chi connectivity index (χ2v) is 3.64. The van der Waals surface area contributed by atoms with Crippen molar-refractivity contribution in [3.63, 3.8) is 0 Å². The van der Waals surface area contributed by atoms with Crippen molar-refractivity contribution >= 4 is 24.1 Å². The molecule has 2 heterocycles. The first-order chi connectivity index (χ1) is 8.58. The highest BCUT2D eigenvalue weighted by Gasteiger charge is 2.06. The lowest BCUT2D eigenvalue weighted by Crippen LogP contribution is -2.14. The molecule has 0 aliphatic heterocycles. The van der Waals surface area contributed by atoms with Gasteiger partial charge in [-0.3, -0.25) is 10.8 Å². The van der Waals surface area contributed by atoms with E-state index in [-0.39, 0.29) is 24.1 Å². The van der Waals surface area contributed by atoms with Crippen LogP contribution >= 0.6 is 12.4 Å². The number of nitrogens with one attached hydrogen (secondary N) is 2. The zero-order chi connectivity index (χ0) is 13.1. The predicted molar refractivity (Wildman–Crippen MR) is 76.7 cm³/mol. The van der Waals surface area contributed by atoms with Crippen molar-refractivity contribution in [1.82, 2.24) is 9.97 Å². The van der Waals surface area contributed by atoms with E-state index in [1.54, 1.807) is 36.4 Å². The second kappa shape index (κ2) is 5.92. The molecule has 2 rings (SSSR count). The van der Waals surface area contributed by atoms with Gasteiger partial charge in [0.15, 0.2) is 0 Å². The minimum atomic E-state index is -0.0976. The fraction of sp³-hybridized carbons (Fsp3) is 0. The maximum absolute atomic E-state index is 7.35. The van der Waals surface area contributed by atoms with Gasteiger partial charge in [0, 0.05) is 0 Å². The zero-order valence-electron chi connectivity index (χ0n) is 9.92. The Kier molecular flexibility index (Phi) is 4.55. The summed E-state index contributed by atoms with van der Waals surface area (Å²) in [5.74, 6) is -0.195. The van der Waals surface area contributed by atoms with Gasteiger partial charge in [-0.1, -0.05) is 12.1 Å². The zero-order valence-corrected chi connectivity index (χ0v) is 10.7. The summed E-state index contributed by atoms with van der Waals surface area (Å²) >= 11 is 0.